The lowest BCUT2D eigenvalue weighted by Crippen LogP contribution is -1.86. The van der Waals surface area contributed by atoms with Crippen molar-refractivity contribution >= 4 is 45.2 Å². The van der Waals surface area contributed by atoms with Gasteiger partial charge in [0.1, 0.15) is 0 Å². The Hall–Kier alpha value is -0.880. The Bertz CT molecular complexity index is 716. The summed E-state index contributed by atoms with van der Waals surface area (Å²) in [6.07, 6.45) is 0. The van der Waals surface area contributed by atoms with E-state index in [1.165, 1.54) is 29.4 Å². The van der Waals surface area contributed by atoms with Gasteiger partial charge < -0.3 is 0 Å². The van der Waals surface area contributed by atoms with Crippen LogP contribution >= 0.6 is 45.2 Å². The fourth-order valence-corrected chi connectivity index (χ4v) is 3.10. The Morgan fingerprint density at radius 3 is 1.80 bits per heavy atom. The Labute approximate surface area is 146 Å². The summed E-state index contributed by atoms with van der Waals surface area (Å²) in [6, 6.07) is 25.9. The van der Waals surface area contributed by atoms with Crippen LogP contribution in [0.2, 0.25) is 0 Å². The third kappa shape index (κ3) is 3.06. The zero-order valence-electron chi connectivity index (χ0n) is 10.7. The molecule has 0 heterocycles. The first-order valence-electron chi connectivity index (χ1n) is 6.35. The van der Waals surface area contributed by atoms with Gasteiger partial charge in [0.2, 0.25) is 0 Å². The maximum Gasteiger partial charge on any atom is 0.0136 e. The van der Waals surface area contributed by atoms with Crippen LogP contribution in [0.25, 0.3) is 22.3 Å². The SMILES string of the molecule is Ic1ccc(-c2ccc(I)cc2-c2ccccc2)cc1. The van der Waals surface area contributed by atoms with Crippen molar-refractivity contribution in [1.29, 1.82) is 0 Å². The molecule has 0 spiro atoms. The molecule has 3 rings (SSSR count). The van der Waals surface area contributed by atoms with Gasteiger partial charge in [0.05, 0.1) is 0 Å². The lowest BCUT2D eigenvalue weighted by atomic mass is 9.95. The number of rotatable bonds is 2. The zero-order valence-corrected chi connectivity index (χ0v) is 15.0. The van der Waals surface area contributed by atoms with Gasteiger partial charge in [-0.3, -0.25) is 0 Å². The number of hydrogen-bond donors (Lipinski definition) is 0. The van der Waals surface area contributed by atoms with Crippen LogP contribution < -0.4 is 0 Å². The monoisotopic (exact) mass is 482 g/mol. The first-order chi connectivity index (χ1) is 9.74. The molecule has 0 N–H and O–H groups in total. The van der Waals surface area contributed by atoms with E-state index in [-0.39, 0.29) is 0 Å². The van der Waals surface area contributed by atoms with Gasteiger partial charge >= 0.3 is 0 Å². The van der Waals surface area contributed by atoms with Gasteiger partial charge in [-0.05, 0) is 91.7 Å². The molecule has 2 heteroatoms. The van der Waals surface area contributed by atoms with E-state index in [1.54, 1.807) is 0 Å². The van der Waals surface area contributed by atoms with Gasteiger partial charge in [-0.1, -0.05) is 48.5 Å². The highest BCUT2D eigenvalue weighted by atomic mass is 127. The van der Waals surface area contributed by atoms with Crippen molar-refractivity contribution in [2.24, 2.45) is 0 Å². The first kappa shape index (κ1) is 14.1. The highest BCUT2D eigenvalue weighted by Gasteiger charge is 2.07. The highest BCUT2D eigenvalue weighted by Crippen LogP contribution is 2.33. The van der Waals surface area contributed by atoms with E-state index in [0.29, 0.717) is 0 Å². The van der Waals surface area contributed by atoms with Crippen LogP contribution in [0.15, 0.2) is 72.8 Å². The topological polar surface area (TPSA) is 0 Å². The molecule has 0 aromatic heterocycles. The molecule has 0 bridgehead atoms. The highest BCUT2D eigenvalue weighted by molar-refractivity contribution is 14.1. The van der Waals surface area contributed by atoms with Gasteiger partial charge in [-0.15, -0.1) is 0 Å². The lowest BCUT2D eigenvalue weighted by molar-refractivity contribution is 1.55. The van der Waals surface area contributed by atoms with Crippen molar-refractivity contribution < 1.29 is 0 Å². The lowest BCUT2D eigenvalue weighted by Gasteiger charge is -2.11. The summed E-state index contributed by atoms with van der Waals surface area (Å²) < 4.78 is 2.52. The Kier molecular flexibility index (Phi) is 4.41. The smallest absolute Gasteiger partial charge is 0.0136 e. The molecule has 0 amide bonds. The number of halogens is 2. The molecule has 0 aliphatic rings. The zero-order chi connectivity index (χ0) is 13.9. The average molecular weight is 482 g/mol. The van der Waals surface area contributed by atoms with E-state index in [0.717, 1.165) is 0 Å². The molecule has 3 aromatic rings. The van der Waals surface area contributed by atoms with Gasteiger partial charge in [0.15, 0.2) is 0 Å². The minimum absolute atomic E-state index is 1.26. The average Bonchev–Trinajstić information content (AvgIpc) is 2.49. The van der Waals surface area contributed by atoms with Gasteiger partial charge in [0, 0.05) is 7.14 Å². The summed E-state index contributed by atoms with van der Waals surface area (Å²) in [7, 11) is 0. The van der Waals surface area contributed by atoms with Gasteiger partial charge in [0.25, 0.3) is 0 Å². The molecule has 0 aliphatic carbocycles. The van der Waals surface area contributed by atoms with Crippen LogP contribution in [0.5, 0.6) is 0 Å². The molecule has 20 heavy (non-hydrogen) atoms. The molecule has 0 atom stereocenters. The van der Waals surface area contributed by atoms with Crippen LogP contribution in [0.4, 0.5) is 0 Å². The fourth-order valence-electron chi connectivity index (χ4n) is 2.25. The molecule has 3 aromatic carbocycles. The summed E-state index contributed by atoms with van der Waals surface area (Å²) in [5.41, 5.74) is 5.10. The predicted molar refractivity (Wildman–Crippen MR) is 103 cm³/mol. The predicted octanol–water partition coefficient (Wildman–Crippen LogP) is 6.23. The first-order valence-corrected chi connectivity index (χ1v) is 8.51. The molecule has 0 fully saturated rings. The minimum Gasteiger partial charge on any atom is -0.0622 e. The second kappa shape index (κ2) is 6.26. The maximum atomic E-state index is 2.37. The summed E-state index contributed by atoms with van der Waals surface area (Å²) in [5.74, 6) is 0. The van der Waals surface area contributed by atoms with Crippen molar-refractivity contribution in [3.63, 3.8) is 0 Å². The van der Waals surface area contributed by atoms with E-state index in [9.17, 15) is 0 Å². The maximum absolute atomic E-state index is 2.37. The Balaban J connectivity index is 2.19. The number of hydrogen-bond acceptors (Lipinski definition) is 0. The molecule has 0 aliphatic heterocycles. The molecule has 98 valence electrons. The molecule has 0 nitrogen and oxygen atoms in total. The summed E-state index contributed by atoms with van der Waals surface area (Å²) in [4.78, 5) is 0. The van der Waals surface area contributed by atoms with Crippen LogP contribution in [0.1, 0.15) is 0 Å². The molecular weight excluding hydrogens is 470 g/mol. The molecule has 0 saturated carbocycles. The quantitative estimate of drug-likeness (QED) is 0.380. The van der Waals surface area contributed by atoms with Crippen molar-refractivity contribution in [3.05, 3.63) is 79.9 Å². The van der Waals surface area contributed by atoms with E-state index >= 15 is 0 Å². The van der Waals surface area contributed by atoms with E-state index < -0.39 is 0 Å². The number of benzene rings is 3. The van der Waals surface area contributed by atoms with E-state index in [1.807, 2.05) is 0 Å². The van der Waals surface area contributed by atoms with Gasteiger partial charge in [-0.2, -0.15) is 0 Å². The summed E-state index contributed by atoms with van der Waals surface area (Å²) >= 11 is 4.71. The fraction of sp³-hybridized carbons (Fsp3) is 0. The normalized spacial score (nSPS) is 10.5. The standard InChI is InChI=1S/C18H12I2/c19-15-8-6-14(7-9-15)17-11-10-16(20)12-18(17)13-4-2-1-3-5-13/h1-12H. The van der Waals surface area contributed by atoms with Crippen molar-refractivity contribution in [2.45, 2.75) is 0 Å². The third-order valence-corrected chi connectivity index (χ3v) is 4.61. The Morgan fingerprint density at radius 2 is 1.10 bits per heavy atom. The minimum atomic E-state index is 1.26. The van der Waals surface area contributed by atoms with Crippen molar-refractivity contribution in [2.75, 3.05) is 0 Å². The Morgan fingerprint density at radius 1 is 0.500 bits per heavy atom. The summed E-state index contributed by atoms with van der Waals surface area (Å²) in [5, 5.41) is 0. The third-order valence-electron chi connectivity index (χ3n) is 3.22. The molecular formula is C18H12I2. The second-order valence-electron chi connectivity index (χ2n) is 4.56. The largest absolute Gasteiger partial charge is 0.0622 e. The van der Waals surface area contributed by atoms with Crippen molar-refractivity contribution in [3.8, 4) is 22.3 Å². The van der Waals surface area contributed by atoms with E-state index in [2.05, 4.69) is 118 Å². The van der Waals surface area contributed by atoms with Crippen molar-refractivity contribution in [1.82, 2.24) is 0 Å². The second-order valence-corrected chi connectivity index (χ2v) is 7.05. The van der Waals surface area contributed by atoms with Crippen LogP contribution in [-0.2, 0) is 0 Å². The van der Waals surface area contributed by atoms with Crippen LogP contribution in [-0.4, -0.2) is 0 Å². The van der Waals surface area contributed by atoms with E-state index in [4.69, 9.17) is 0 Å². The van der Waals surface area contributed by atoms with Gasteiger partial charge in [-0.25, -0.2) is 0 Å². The molecule has 0 radical (unpaired) electrons. The molecule has 0 unspecified atom stereocenters. The van der Waals surface area contributed by atoms with Crippen LogP contribution in [0.3, 0.4) is 0 Å². The molecule has 0 saturated heterocycles. The summed E-state index contributed by atoms with van der Waals surface area (Å²) in [6.45, 7) is 0. The van der Waals surface area contributed by atoms with Crippen LogP contribution in [0, 0.1) is 7.14 Å².